The molecule has 0 aliphatic rings. The average molecular weight is 321 g/mol. The Bertz CT molecular complexity index is 889. The zero-order valence-electron chi connectivity index (χ0n) is 14.0. The van der Waals surface area contributed by atoms with E-state index in [1.165, 1.54) is 0 Å². The number of carbonyl (C=O) groups is 1. The summed E-state index contributed by atoms with van der Waals surface area (Å²) < 4.78 is 5.48. The van der Waals surface area contributed by atoms with Crippen LogP contribution in [-0.2, 0) is 4.79 Å². The minimum atomic E-state index is -0.216. The minimum absolute atomic E-state index is 0.0420. The van der Waals surface area contributed by atoms with Gasteiger partial charge in [-0.2, -0.15) is 0 Å². The van der Waals surface area contributed by atoms with Crippen molar-refractivity contribution in [3.8, 4) is 5.75 Å². The minimum Gasteiger partial charge on any atom is -0.484 e. The molecule has 0 fully saturated rings. The van der Waals surface area contributed by atoms with Crippen LogP contribution in [0.1, 0.15) is 17.0 Å². The lowest BCUT2D eigenvalue weighted by atomic mass is 10.2. The molecular weight excluding hydrogens is 302 g/mol. The predicted octanol–water partition coefficient (Wildman–Crippen LogP) is 3.57. The molecule has 5 nitrogen and oxygen atoms in total. The van der Waals surface area contributed by atoms with E-state index in [0.717, 1.165) is 28.0 Å². The van der Waals surface area contributed by atoms with Crippen LogP contribution in [0.15, 0.2) is 42.5 Å². The maximum absolute atomic E-state index is 12.0. The van der Waals surface area contributed by atoms with Crippen molar-refractivity contribution in [1.82, 2.24) is 9.97 Å². The van der Waals surface area contributed by atoms with E-state index in [0.29, 0.717) is 11.4 Å². The van der Waals surface area contributed by atoms with Gasteiger partial charge in [-0.25, -0.2) is 9.97 Å². The fourth-order valence-electron chi connectivity index (χ4n) is 2.29. The van der Waals surface area contributed by atoms with Gasteiger partial charge in [0.2, 0.25) is 0 Å². The molecule has 0 radical (unpaired) electrons. The molecule has 1 aromatic heterocycles. The largest absolute Gasteiger partial charge is 0.484 e. The lowest BCUT2D eigenvalue weighted by Crippen LogP contribution is -2.20. The Hall–Kier alpha value is -2.95. The number of nitrogens with one attached hydrogen (secondary N) is 1. The molecule has 0 saturated heterocycles. The monoisotopic (exact) mass is 321 g/mol. The highest BCUT2D eigenvalue weighted by Crippen LogP contribution is 2.18. The van der Waals surface area contributed by atoms with E-state index >= 15 is 0 Å². The molecule has 0 spiro atoms. The smallest absolute Gasteiger partial charge is 0.262 e. The Morgan fingerprint density at radius 1 is 0.958 bits per heavy atom. The summed E-state index contributed by atoms with van der Waals surface area (Å²) in [5.74, 6) is 0.456. The van der Waals surface area contributed by atoms with Crippen molar-refractivity contribution in [1.29, 1.82) is 0 Å². The summed E-state index contributed by atoms with van der Waals surface area (Å²) in [6.07, 6.45) is 0. The molecule has 5 heteroatoms. The molecule has 122 valence electrons. The maximum Gasteiger partial charge on any atom is 0.262 e. The molecule has 2 aromatic carbocycles. The highest BCUT2D eigenvalue weighted by molar-refractivity contribution is 5.93. The Morgan fingerprint density at radius 3 is 2.33 bits per heavy atom. The van der Waals surface area contributed by atoms with Gasteiger partial charge in [0, 0.05) is 5.69 Å². The lowest BCUT2D eigenvalue weighted by molar-refractivity contribution is -0.118. The van der Waals surface area contributed by atoms with Gasteiger partial charge in [-0.1, -0.05) is 17.7 Å². The van der Waals surface area contributed by atoms with Crippen LogP contribution < -0.4 is 10.1 Å². The van der Waals surface area contributed by atoms with Crippen molar-refractivity contribution in [2.45, 2.75) is 20.8 Å². The van der Waals surface area contributed by atoms with Gasteiger partial charge in [0.15, 0.2) is 6.61 Å². The summed E-state index contributed by atoms with van der Waals surface area (Å²) in [7, 11) is 0. The molecule has 1 heterocycles. The number of aromatic nitrogens is 2. The molecule has 0 aliphatic carbocycles. The van der Waals surface area contributed by atoms with E-state index in [-0.39, 0.29) is 12.5 Å². The van der Waals surface area contributed by atoms with E-state index in [9.17, 15) is 4.79 Å². The van der Waals surface area contributed by atoms with Crippen molar-refractivity contribution in [2.24, 2.45) is 0 Å². The standard InChI is InChI=1S/C19H19N3O2/c1-12-4-7-16(8-5-12)24-11-19(23)22-15-6-9-17-18(10-15)21-14(3)13(2)20-17/h4-10H,11H2,1-3H3,(H,22,23). The van der Waals surface area contributed by atoms with Gasteiger partial charge in [-0.15, -0.1) is 0 Å². The van der Waals surface area contributed by atoms with Gasteiger partial charge in [-0.3, -0.25) is 4.79 Å². The Labute approximate surface area is 140 Å². The molecule has 1 amide bonds. The van der Waals surface area contributed by atoms with Crippen LogP contribution in [0.3, 0.4) is 0 Å². The summed E-state index contributed by atoms with van der Waals surface area (Å²) in [5, 5.41) is 2.82. The van der Waals surface area contributed by atoms with Crippen molar-refractivity contribution < 1.29 is 9.53 Å². The van der Waals surface area contributed by atoms with Crippen LogP contribution in [0.5, 0.6) is 5.75 Å². The first kappa shape index (κ1) is 15.9. The first-order valence-corrected chi connectivity index (χ1v) is 7.75. The summed E-state index contributed by atoms with van der Waals surface area (Å²) in [6.45, 7) is 5.81. The fraction of sp³-hybridized carbons (Fsp3) is 0.211. The second-order valence-electron chi connectivity index (χ2n) is 5.75. The number of hydrogen-bond acceptors (Lipinski definition) is 4. The van der Waals surface area contributed by atoms with Gasteiger partial charge in [0.05, 0.1) is 22.4 Å². The molecule has 24 heavy (non-hydrogen) atoms. The summed E-state index contributed by atoms with van der Waals surface area (Å²) in [6, 6.07) is 13.1. The van der Waals surface area contributed by atoms with Gasteiger partial charge < -0.3 is 10.1 Å². The summed E-state index contributed by atoms with van der Waals surface area (Å²) in [4.78, 5) is 21.0. The number of hydrogen-bond donors (Lipinski definition) is 1. The predicted molar refractivity (Wildman–Crippen MR) is 94.3 cm³/mol. The first-order chi connectivity index (χ1) is 11.5. The number of aryl methyl sites for hydroxylation is 3. The molecular formula is C19H19N3O2. The van der Waals surface area contributed by atoms with E-state index in [4.69, 9.17) is 4.74 Å². The van der Waals surface area contributed by atoms with Crippen LogP contribution in [0.2, 0.25) is 0 Å². The number of carbonyl (C=O) groups excluding carboxylic acids is 1. The van der Waals surface area contributed by atoms with E-state index in [1.807, 2.05) is 63.2 Å². The number of rotatable bonds is 4. The molecule has 3 aromatic rings. The number of benzene rings is 2. The Kier molecular flexibility index (Phi) is 4.42. The molecule has 3 rings (SSSR count). The molecule has 1 N–H and O–H groups in total. The second-order valence-corrected chi connectivity index (χ2v) is 5.75. The van der Waals surface area contributed by atoms with E-state index in [2.05, 4.69) is 15.3 Å². The van der Waals surface area contributed by atoms with Crippen LogP contribution in [0.4, 0.5) is 5.69 Å². The number of anilines is 1. The summed E-state index contributed by atoms with van der Waals surface area (Å²) in [5.41, 5.74) is 5.19. The zero-order chi connectivity index (χ0) is 17.1. The summed E-state index contributed by atoms with van der Waals surface area (Å²) >= 11 is 0. The van der Waals surface area contributed by atoms with Gasteiger partial charge in [-0.05, 0) is 51.1 Å². The quantitative estimate of drug-likeness (QED) is 0.798. The van der Waals surface area contributed by atoms with E-state index in [1.54, 1.807) is 0 Å². The maximum atomic E-state index is 12.0. The van der Waals surface area contributed by atoms with Crippen molar-refractivity contribution in [2.75, 3.05) is 11.9 Å². The van der Waals surface area contributed by atoms with Crippen LogP contribution in [0, 0.1) is 20.8 Å². The first-order valence-electron chi connectivity index (χ1n) is 7.75. The third-order valence-corrected chi connectivity index (χ3v) is 3.75. The van der Waals surface area contributed by atoms with Crippen LogP contribution in [0.25, 0.3) is 11.0 Å². The third-order valence-electron chi connectivity index (χ3n) is 3.75. The second kappa shape index (κ2) is 6.66. The van der Waals surface area contributed by atoms with Crippen molar-refractivity contribution in [3.05, 3.63) is 59.4 Å². The van der Waals surface area contributed by atoms with Crippen LogP contribution in [-0.4, -0.2) is 22.5 Å². The highest BCUT2D eigenvalue weighted by Gasteiger charge is 2.07. The van der Waals surface area contributed by atoms with E-state index < -0.39 is 0 Å². The topological polar surface area (TPSA) is 64.1 Å². The molecule has 0 atom stereocenters. The lowest BCUT2D eigenvalue weighted by Gasteiger charge is -2.09. The van der Waals surface area contributed by atoms with Crippen LogP contribution >= 0.6 is 0 Å². The van der Waals surface area contributed by atoms with Gasteiger partial charge >= 0.3 is 0 Å². The number of amides is 1. The average Bonchev–Trinajstić information content (AvgIpc) is 2.56. The number of fused-ring (bicyclic) bond motifs is 1. The molecule has 0 aliphatic heterocycles. The Morgan fingerprint density at radius 2 is 1.62 bits per heavy atom. The van der Waals surface area contributed by atoms with Crippen molar-refractivity contribution >= 4 is 22.6 Å². The molecule has 0 unspecified atom stereocenters. The number of nitrogens with zero attached hydrogens (tertiary/aromatic N) is 2. The molecule has 0 bridgehead atoms. The Balaban J connectivity index is 1.66. The third kappa shape index (κ3) is 3.68. The molecule has 0 saturated carbocycles. The fourth-order valence-corrected chi connectivity index (χ4v) is 2.29. The van der Waals surface area contributed by atoms with Gasteiger partial charge in [0.25, 0.3) is 5.91 Å². The van der Waals surface area contributed by atoms with Gasteiger partial charge in [0.1, 0.15) is 5.75 Å². The normalized spacial score (nSPS) is 10.6. The van der Waals surface area contributed by atoms with Crippen molar-refractivity contribution in [3.63, 3.8) is 0 Å². The number of ether oxygens (including phenoxy) is 1. The zero-order valence-corrected chi connectivity index (χ0v) is 14.0. The highest BCUT2D eigenvalue weighted by atomic mass is 16.5. The SMILES string of the molecule is Cc1ccc(OCC(=O)Nc2ccc3nc(C)c(C)nc3c2)cc1.